The Morgan fingerprint density at radius 1 is 1.45 bits per heavy atom. The van der Waals surface area contributed by atoms with E-state index in [1.807, 2.05) is 0 Å². The molecule has 0 radical (unpaired) electrons. The first-order valence-electron chi connectivity index (χ1n) is 6.86. The van der Waals surface area contributed by atoms with Gasteiger partial charge in [-0.2, -0.15) is 0 Å². The molecule has 1 fully saturated rings. The van der Waals surface area contributed by atoms with Crippen molar-refractivity contribution in [3.05, 3.63) is 10.0 Å². The van der Waals surface area contributed by atoms with Crippen LogP contribution in [0.25, 0.3) is 0 Å². The lowest BCUT2D eigenvalue weighted by Gasteiger charge is -2.12. The molecule has 1 aromatic rings. The van der Waals surface area contributed by atoms with Gasteiger partial charge in [0.25, 0.3) is 0 Å². The van der Waals surface area contributed by atoms with Crippen LogP contribution in [0.1, 0.15) is 43.6 Å². The second-order valence-electron chi connectivity index (χ2n) is 6.03. The number of nitrogens with two attached hydrogens (primary N) is 1. The molecule has 2 atom stereocenters. The molecule has 0 saturated carbocycles. The van der Waals surface area contributed by atoms with Crippen molar-refractivity contribution in [3.63, 3.8) is 0 Å². The van der Waals surface area contributed by atoms with E-state index >= 15 is 0 Å². The summed E-state index contributed by atoms with van der Waals surface area (Å²) in [6, 6.07) is 0. The highest BCUT2D eigenvalue weighted by molar-refractivity contribution is 7.11. The van der Waals surface area contributed by atoms with E-state index in [4.69, 9.17) is 10.5 Å². The van der Waals surface area contributed by atoms with Gasteiger partial charge in [-0.15, -0.1) is 10.2 Å². The van der Waals surface area contributed by atoms with Crippen molar-refractivity contribution in [2.45, 2.75) is 57.8 Å². The first kappa shape index (κ1) is 15.3. The molecule has 2 heterocycles. The van der Waals surface area contributed by atoms with Gasteiger partial charge in [0.05, 0.1) is 12.6 Å². The van der Waals surface area contributed by atoms with Crippen molar-refractivity contribution >= 4 is 17.2 Å². The average Bonchev–Trinajstić information content (AvgIpc) is 3.04. The normalized spacial score (nSPS) is 23.0. The maximum atomic E-state index is 12.0. The van der Waals surface area contributed by atoms with Crippen LogP contribution in [-0.2, 0) is 21.5 Å². The number of ether oxygens (including phenoxy) is 1. The third kappa shape index (κ3) is 3.74. The highest BCUT2D eigenvalue weighted by Gasteiger charge is 2.29. The summed E-state index contributed by atoms with van der Waals surface area (Å²) in [6.07, 6.45) is 1.22. The number of carbonyl (C=O) groups is 1. The van der Waals surface area contributed by atoms with Gasteiger partial charge in [0.15, 0.2) is 0 Å². The Morgan fingerprint density at radius 2 is 2.20 bits per heavy atom. The van der Waals surface area contributed by atoms with Crippen molar-refractivity contribution < 1.29 is 9.53 Å². The summed E-state index contributed by atoms with van der Waals surface area (Å²) in [7, 11) is 0. The van der Waals surface area contributed by atoms with Gasteiger partial charge in [-0.05, 0) is 12.8 Å². The minimum Gasteiger partial charge on any atom is -0.364 e. The van der Waals surface area contributed by atoms with Crippen LogP contribution in [0.5, 0.6) is 0 Å². The van der Waals surface area contributed by atoms with Crippen LogP contribution in [0.3, 0.4) is 0 Å². The number of nitrogens with one attached hydrogen (secondary N) is 1. The lowest BCUT2D eigenvalue weighted by Crippen LogP contribution is -2.35. The third-order valence-corrected chi connectivity index (χ3v) is 4.53. The molecule has 0 bridgehead atoms. The molecule has 3 N–H and O–H groups in total. The molecule has 20 heavy (non-hydrogen) atoms. The summed E-state index contributed by atoms with van der Waals surface area (Å²) in [5.41, 5.74) is 5.52. The molecule has 7 heteroatoms. The maximum absolute atomic E-state index is 12.0. The van der Waals surface area contributed by atoms with Crippen molar-refractivity contribution in [2.24, 2.45) is 5.73 Å². The highest BCUT2D eigenvalue weighted by atomic mass is 32.1. The summed E-state index contributed by atoms with van der Waals surface area (Å²) in [5, 5.41) is 12.9. The third-order valence-electron chi connectivity index (χ3n) is 3.19. The quantitative estimate of drug-likeness (QED) is 0.864. The average molecular weight is 298 g/mol. The Bertz CT molecular complexity index is 469. The number of carbonyl (C=O) groups excluding carboxylic acids is 1. The zero-order chi connectivity index (χ0) is 14.8. The fraction of sp³-hybridized carbons (Fsp3) is 0.769. The fourth-order valence-electron chi connectivity index (χ4n) is 1.98. The van der Waals surface area contributed by atoms with Crippen LogP contribution in [0.4, 0.5) is 0 Å². The predicted molar refractivity (Wildman–Crippen MR) is 77.4 cm³/mol. The van der Waals surface area contributed by atoms with Crippen LogP contribution < -0.4 is 11.1 Å². The smallest absolute Gasteiger partial charge is 0.249 e. The van der Waals surface area contributed by atoms with Crippen molar-refractivity contribution in [3.8, 4) is 0 Å². The zero-order valence-electron chi connectivity index (χ0n) is 12.2. The topological polar surface area (TPSA) is 90.1 Å². The van der Waals surface area contributed by atoms with Crippen molar-refractivity contribution in [1.29, 1.82) is 0 Å². The summed E-state index contributed by atoms with van der Waals surface area (Å²) in [4.78, 5) is 12.0. The van der Waals surface area contributed by atoms with E-state index in [9.17, 15) is 4.79 Å². The van der Waals surface area contributed by atoms with E-state index in [-0.39, 0.29) is 23.5 Å². The SMILES string of the molecule is CC(C)(C)c1nnc(CNC(=O)[C@@H]2CC[C@H](CN)O2)s1. The number of nitrogens with zero attached hydrogens (tertiary/aromatic N) is 2. The molecule has 0 aromatic carbocycles. The second-order valence-corrected chi connectivity index (χ2v) is 7.09. The van der Waals surface area contributed by atoms with Gasteiger partial charge in [-0.1, -0.05) is 32.1 Å². The predicted octanol–water partition coefficient (Wildman–Crippen LogP) is 0.958. The van der Waals surface area contributed by atoms with Gasteiger partial charge in [0.1, 0.15) is 16.1 Å². The lowest BCUT2D eigenvalue weighted by atomic mass is 9.98. The first-order chi connectivity index (χ1) is 9.40. The van der Waals surface area contributed by atoms with E-state index < -0.39 is 0 Å². The van der Waals surface area contributed by atoms with Crippen LogP contribution in [-0.4, -0.2) is 34.9 Å². The Morgan fingerprint density at radius 3 is 2.75 bits per heavy atom. The molecule has 1 amide bonds. The molecule has 0 unspecified atom stereocenters. The lowest BCUT2D eigenvalue weighted by molar-refractivity contribution is -0.132. The van der Waals surface area contributed by atoms with Gasteiger partial charge in [-0.3, -0.25) is 4.79 Å². The summed E-state index contributed by atoms with van der Waals surface area (Å²) in [6.45, 7) is 7.15. The molecular weight excluding hydrogens is 276 g/mol. The van der Waals surface area contributed by atoms with Crippen LogP contribution >= 0.6 is 11.3 Å². The zero-order valence-corrected chi connectivity index (χ0v) is 13.0. The van der Waals surface area contributed by atoms with E-state index in [2.05, 4.69) is 36.3 Å². The van der Waals surface area contributed by atoms with Crippen LogP contribution in [0.2, 0.25) is 0 Å². The fourth-order valence-corrected chi connectivity index (χ4v) is 2.81. The Labute approximate surface area is 123 Å². The van der Waals surface area contributed by atoms with E-state index in [1.165, 1.54) is 11.3 Å². The molecule has 1 saturated heterocycles. The Hall–Kier alpha value is -1.05. The van der Waals surface area contributed by atoms with Gasteiger partial charge in [0, 0.05) is 12.0 Å². The number of hydrogen-bond acceptors (Lipinski definition) is 6. The largest absolute Gasteiger partial charge is 0.364 e. The highest BCUT2D eigenvalue weighted by Crippen LogP contribution is 2.25. The van der Waals surface area contributed by atoms with E-state index in [1.54, 1.807) is 0 Å². The minimum atomic E-state index is -0.376. The van der Waals surface area contributed by atoms with Gasteiger partial charge >= 0.3 is 0 Å². The summed E-state index contributed by atoms with van der Waals surface area (Å²) in [5.74, 6) is -0.0894. The number of aromatic nitrogens is 2. The van der Waals surface area contributed by atoms with Gasteiger partial charge in [0.2, 0.25) is 5.91 Å². The monoisotopic (exact) mass is 298 g/mol. The van der Waals surface area contributed by atoms with Crippen LogP contribution in [0.15, 0.2) is 0 Å². The molecule has 1 aromatic heterocycles. The number of rotatable bonds is 4. The molecular formula is C13H22N4O2S. The van der Waals surface area contributed by atoms with Crippen molar-refractivity contribution in [2.75, 3.05) is 6.54 Å². The molecule has 2 rings (SSSR count). The standard InChI is InChI=1S/C13H22N4O2S/c1-13(2,3)12-17-16-10(20-12)7-15-11(18)9-5-4-8(6-14)19-9/h8-9H,4-7,14H2,1-3H3,(H,15,18)/t8-,9+/m1/s1. The van der Waals surface area contributed by atoms with Gasteiger partial charge < -0.3 is 15.8 Å². The Balaban J connectivity index is 1.83. The number of amides is 1. The molecule has 1 aliphatic heterocycles. The summed E-state index contributed by atoms with van der Waals surface area (Å²) < 4.78 is 5.55. The molecule has 0 aliphatic carbocycles. The molecule has 6 nitrogen and oxygen atoms in total. The Kier molecular flexibility index (Phi) is 4.72. The second kappa shape index (κ2) is 6.15. The first-order valence-corrected chi connectivity index (χ1v) is 7.68. The minimum absolute atomic E-state index is 0.0111. The van der Waals surface area contributed by atoms with Gasteiger partial charge in [-0.25, -0.2) is 0 Å². The molecule has 1 aliphatic rings. The number of hydrogen-bond donors (Lipinski definition) is 2. The maximum Gasteiger partial charge on any atom is 0.249 e. The molecule has 0 spiro atoms. The van der Waals surface area contributed by atoms with E-state index in [0.29, 0.717) is 13.1 Å². The van der Waals surface area contributed by atoms with Crippen LogP contribution in [0, 0.1) is 0 Å². The van der Waals surface area contributed by atoms with Crippen molar-refractivity contribution in [1.82, 2.24) is 15.5 Å². The molecule has 112 valence electrons. The summed E-state index contributed by atoms with van der Waals surface area (Å²) >= 11 is 1.53. The van der Waals surface area contributed by atoms with E-state index in [0.717, 1.165) is 22.9 Å².